The molecular weight excluding hydrogens is 1850 g/mol. The topological polar surface area (TPSA) is 455 Å². The molecule has 20 rings (SSSR count). The Morgan fingerprint density at radius 2 is 0.726 bits per heavy atom. The van der Waals surface area contributed by atoms with E-state index in [0.717, 1.165) is 115 Å². The van der Waals surface area contributed by atoms with Crippen LogP contribution in [0.15, 0.2) is 226 Å². The van der Waals surface area contributed by atoms with Crippen molar-refractivity contribution in [3.63, 3.8) is 0 Å². The number of aromatic nitrogens is 14. The van der Waals surface area contributed by atoms with E-state index in [-0.39, 0.29) is 89.3 Å². The third kappa shape index (κ3) is 25.3. The molecule has 0 spiro atoms. The van der Waals surface area contributed by atoms with E-state index in [4.69, 9.17) is 0 Å². The van der Waals surface area contributed by atoms with E-state index in [1.54, 1.807) is 211 Å². The van der Waals surface area contributed by atoms with Crippen LogP contribution in [0.4, 0.5) is 29.1 Å². The second kappa shape index (κ2) is 47.2. The number of imidazole rings is 1. The van der Waals surface area contributed by atoms with Crippen LogP contribution in [0.25, 0.3) is 54.8 Å². The average Bonchev–Trinajstić information content (AvgIpc) is 1.27. The predicted octanol–water partition coefficient (Wildman–Crippen LogP) is 12.0. The highest BCUT2D eigenvalue weighted by molar-refractivity contribution is 5.98. The number of pyridine rings is 7. The molecule has 39 nitrogen and oxygen atoms in total. The largest absolute Gasteiger partial charge is 0.366 e. The molecule has 754 valence electrons. The van der Waals surface area contributed by atoms with Gasteiger partial charge in [0.25, 0.3) is 29.5 Å². The maximum atomic E-state index is 12.8. The number of hydrogen-bond acceptors (Lipinski definition) is 25. The molecule has 0 saturated carbocycles. The molecule has 10 amide bonds. The molecule has 39 heteroatoms. The van der Waals surface area contributed by atoms with Crippen LogP contribution in [-0.2, 0) is 56.7 Å². The predicted molar refractivity (Wildman–Crippen MR) is 558 cm³/mol. The number of likely N-dealkylation sites (N-methyl/N-ethyl adjacent to an activating group) is 5. The van der Waals surface area contributed by atoms with Crippen LogP contribution in [0.1, 0.15) is 146 Å². The number of nitrogens with zero attached hydrogens (tertiary/aromatic N) is 20. The number of fused-ring (bicyclic) bond motifs is 5. The van der Waals surface area contributed by atoms with Gasteiger partial charge in [0, 0.05) is 233 Å². The molecule has 5 saturated heterocycles. The van der Waals surface area contributed by atoms with Crippen LogP contribution in [-0.4, -0.2) is 309 Å². The third-order valence-corrected chi connectivity index (χ3v) is 27.7. The van der Waals surface area contributed by atoms with Crippen molar-refractivity contribution in [1.82, 2.24) is 119 Å². The first-order valence-corrected chi connectivity index (χ1v) is 48.7. The van der Waals surface area contributed by atoms with E-state index in [1.165, 1.54) is 0 Å². The summed E-state index contributed by atoms with van der Waals surface area (Å²) in [6, 6.07) is 52.5. The summed E-state index contributed by atoms with van der Waals surface area (Å²) in [5, 5.41) is 35.0. The van der Waals surface area contributed by atoms with Crippen molar-refractivity contribution < 1.29 is 47.9 Å². The zero-order valence-corrected chi connectivity index (χ0v) is 83.4. The Bertz CT molecular complexity index is 6960. The van der Waals surface area contributed by atoms with E-state index < -0.39 is 0 Å². The summed E-state index contributed by atoms with van der Waals surface area (Å²) in [5.74, 6) is 3.39. The second-order valence-corrected chi connectivity index (χ2v) is 37.0. The van der Waals surface area contributed by atoms with Crippen molar-refractivity contribution in [2.75, 3.05) is 127 Å². The molecule has 16 heterocycles. The van der Waals surface area contributed by atoms with Gasteiger partial charge in [0.15, 0.2) is 0 Å². The van der Waals surface area contributed by atoms with E-state index in [2.05, 4.69) is 121 Å². The SMILES string of the molecule is CC(=O)N(C)[C@H]1CCN(C(=O)c2ccc(NCc3[nH]nc4ccccc34)nc2)C1.CC(=O)N(C)[C@H]1CCN(C(=O)c2ccc(NCc3ccc4[nH]ncc4c3)nc2)C1.CC(=O)N(C)[C@H]1CCN(C(=O)c2ccc(NCc3ccc4nc[nH]c4c3)nc2)C1.CC(=O)N(C)[C@H]1CCN(C(=O)c2ccc(NCc3cccc4ncccc34)nc2)C1.CC(=O)N(C)[C@H]1CCN(C(=O)c2ccc(NCc3ccnc4[nH]ccc34)nc2)C1. The van der Waals surface area contributed by atoms with Crippen LogP contribution in [0.5, 0.6) is 0 Å². The summed E-state index contributed by atoms with van der Waals surface area (Å²) >= 11 is 0. The highest BCUT2D eigenvalue weighted by Crippen LogP contribution is 2.29. The Labute approximate surface area is 844 Å². The minimum absolute atomic E-state index is 0.0199. The molecule has 146 heavy (non-hydrogen) atoms. The lowest BCUT2D eigenvalue weighted by atomic mass is 10.1. The third-order valence-electron chi connectivity index (χ3n) is 27.7. The Hall–Kier alpha value is -17.2. The molecule has 9 N–H and O–H groups in total. The maximum Gasteiger partial charge on any atom is 0.255 e. The summed E-state index contributed by atoms with van der Waals surface area (Å²) in [7, 11) is 8.92. The standard InChI is InChI=1S/C23H25N5O2.4C21H24N6O2/c1-16(29)27(2)19-10-12-28(15-19)23(30)18-8-9-22(26-14-18)25-13-17-5-3-7-21-20(17)6-4-11-24-21;1-14(28)26(2)18-7-8-27(13-18)21(29)16-4-6-20(23-11-16)22-10-15-3-5-19-17(9-15)12-24-25-19;1-14(28)26(2)17-7-8-27(12-17)21(29)16-4-6-20(23-11-16)22-10-15-3-5-18-19(9-15)25-13-24-18;1-14(28)26(2)17-7-10-27(13-17)21(29)16-3-4-19(25-12-16)24-11-15-5-8-22-20-18(15)6-9-23-20;1-14(28)26(2)16-9-10-27(13-16)21(29)15-7-8-20(22-11-15)23-12-19-17-5-3-4-6-18(17)24-25-19/h3-9,11,14,19H,10,12-13,15H2,1-2H3,(H,25,26);3-6,9,11-12,18H,7-8,10,13H2,1-2H3,(H,22,23)(H,24,25);3-6,9,11,13,17H,7-8,10,12H2,1-2H3,(H,22,23)(H,24,25);3-6,8-9,12,17H,7,10-11,13H2,1-2H3,(H,22,23)(H,24,25);3-8,11,16H,9-10,12-13H2,1-2H3,(H,22,23)(H,24,25)/t19-;18-;2*17-;16-/m00000/s1. The van der Waals surface area contributed by atoms with Crippen molar-refractivity contribution in [2.45, 2.75) is 130 Å². The van der Waals surface area contributed by atoms with Crippen molar-refractivity contribution in [3.05, 3.63) is 282 Å². The molecule has 15 aromatic rings. The molecule has 5 aliphatic rings. The van der Waals surface area contributed by atoms with Gasteiger partial charge < -0.3 is 85.6 Å². The Morgan fingerprint density at radius 3 is 1.16 bits per heavy atom. The molecule has 4 aromatic carbocycles. The van der Waals surface area contributed by atoms with Gasteiger partial charge in [0.05, 0.1) is 110 Å². The first-order chi connectivity index (χ1) is 70.6. The number of amides is 10. The van der Waals surface area contributed by atoms with E-state index in [1.807, 2.05) is 109 Å². The van der Waals surface area contributed by atoms with E-state index in [9.17, 15) is 47.9 Å². The fourth-order valence-corrected chi connectivity index (χ4v) is 18.3. The van der Waals surface area contributed by atoms with Gasteiger partial charge in [-0.25, -0.2) is 34.9 Å². The normalized spacial score (nSPS) is 16.2. The summed E-state index contributed by atoms with van der Waals surface area (Å²) in [6.07, 6.45) is 20.9. The minimum atomic E-state index is -0.0527. The molecule has 0 aliphatic carbocycles. The van der Waals surface area contributed by atoms with Crippen LogP contribution in [0.2, 0.25) is 0 Å². The van der Waals surface area contributed by atoms with E-state index >= 15 is 0 Å². The Kier molecular flexibility index (Phi) is 32.9. The lowest BCUT2D eigenvalue weighted by Gasteiger charge is -2.23. The minimum Gasteiger partial charge on any atom is -0.366 e. The van der Waals surface area contributed by atoms with Gasteiger partial charge in [-0.15, -0.1) is 0 Å². The number of benzene rings is 4. The molecule has 0 unspecified atom stereocenters. The van der Waals surface area contributed by atoms with Gasteiger partial charge in [-0.05, 0) is 170 Å². The number of carbonyl (C=O) groups is 10. The zero-order chi connectivity index (χ0) is 103. The quantitative estimate of drug-likeness (QED) is 0.0257. The van der Waals surface area contributed by atoms with Crippen molar-refractivity contribution >= 4 is 143 Å². The van der Waals surface area contributed by atoms with Crippen molar-refractivity contribution in [2.24, 2.45) is 0 Å². The number of para-hydroxylation sites is 1. The van der Waals surface area contributed by atoms with Gasteiger partial charge in [0.2, 0.25) is 29.5 Å². The van der Waals surface area contributed by atoms with Gasteiger partial charge >= 0.3 is 0 Å². The van der Waals surface area contributed by atoms with Crippen molar-refractivity contribution in [1.29, 1.82) is 0 Å². The lowest BCUT2D eigenvalue weighted by molar-refractivity contribution is -0.130. The zero-order valence-electron chi connectivity index (χ0n) is 83.4. The number of carbonyl (C=O) groups excluding carboxylic acids is 10. The number of nitrogens with one attached hydrogen (secondary N) is 9. The summed E-state index contributed by atoms with van der Waals surface area (Å²) in [6.45, 7) is 16.8. The van der Waals surface area contributed by atoms with Gasteiger partial charge in [-0.3, -0.25) is 63.1 Å². The average molecular weight is 1970 g/mol. The molecule has 5 aliphatic heterocycles. The fraction of sp³-hybridized carbons (Fsp3) is 0.327. The highest BCUT2D eigenvalue weighted by atomic mass is 16.2. The number of H-pyrrole nitrogens is 4. The number of likely N-dealkylation sites (tertiary alicyclic amines) is 5. The van der Waals surface area contributed by atoms with E-state index in [0.29, 0.717) is 155 Å². The maximum absolute atomic E-state index is 12.8. The molecule has 0 bridgehead atoms. The van der Waals surface area contributed by atoms with Crippen LogP contribution >= 0.6 is 0 Å². The van der Waals surface area contributed by atoms with Crippen LogP contribution in [0, 0.1) is 0 Å². The van der Waals surface area contributed by atoms with Gasteiger partial charge in [-0.2, -0.15) is 10.2 Å². The summed E-state index contributed by atoms with van der Waals surface area (Å²) in [4.78, 5) is 180. The summed E-state index contributed by atoms with van der Waals surface area (Å²) in [5.41, 5.74) is 14.0. The van der Waals surface area contributed by atoms with Crippen LogP contribution in [0.3, 0.4) is 0 Å². The second-order valence-electron chi connectivity index (χ2n) is 37.0. The number of aromatic amines is 4. The Morgan fingerprint density at radius 1 is 0.329 bits per heavy atom. The van der Waals surface area contributed by atoms with Crippen molar-refractivity contribution in [3.8, 4) is 0 Å². The lowest BCUT2D eigenvalue weighted by Crippen LogP contribution is -2.38. The molecular formula is C107H121N29O10. The molecule has 5 atom stereocenters. The summed E-state index contributed by atoms with van der Waals surface area (Å²) < 4.78 is 0. The van der Waals surface area contributed by atoms with Gasteiger partial charge in [-0.1, -0.05) is 48.5 Å². The first-order valence-electron chi connectivity index (χ1n) is 48.7. The van der Waals surface area contributed by atoms with Gasteiger partial charge in [0.1, 0.15) is 34.7 Å². The van der Waals surface area contributed by atoms with Crippen LogP contribution < -0.4 is 26.6 Å². The first kappa shape index (κ1) is 102. The molecule has 5 fully saturated rings. The monoisotopic (exact) mass is 1970 g/mol. The molecule has 11 aromatic heterocycles. The fourth-order valence-electron chi connectivity index (χ4n) is 18.3. The Balaban J connectivity index is 0.000000131. The number of hydrogen-bond donors (Lipinski definition) is 9. The number of anilines is 5. The smallest absolute Gasteiger partial charge is 0.255 e. The highest BCUT2D eigenvalue weighted by Gasteiger charge is 2.36. The number of rotatable bonds is 25. The molecule has 0 radical (unpaired) electrons.